The van der Waals surface area contributed by atoms with Crippen molar-refractivity contribution in [2.45, 2.75) is 6.04 Å². The zero-order valence-electron chi connectivity index (χ0n) is 14.4. The van der Waals surface area contributed by atoms with E-state index in [1.165, 1.54) is 49.4 Å². The Kier molecular flexibility index (Phi) is 5.71. The van der Waals surface area contributed by atoms with Crippen molar-refractivity contribution in [1.29, 1.82) is 0 Å². The second-order valence-electron chi connectivity index (χ2n) is 5.59. The van der Waals surface area contributed by atoms with Gasteiger partial charge in [0.15, 0.2) is 12.8 Å². The molecule has 0 aliphatic heterocycles. The number of benzene rings is 2. The number of esters is 1. The van der Waals surface area contributed by atoms with Gasteiger partial charge in [-0.3, -0.25) is 4.68 Å². The first-order valence-electron chi connectivity index (χ1n) is 7.77. The fraction of sp³-hybridized carbons (Fsp3) is 0.222. The van der Waals surface area contributed by atoms with E-state index in [2.05, 4.69) is 21.0 Å². The van der Waals surface area contributed by atoms with Crippen molar-refractivity contribution in [1.82, 2.24) is 9.78 Å². The van der Waals surface area contributed by atoms with Gasteiger partial charge >= 0.3 is 5.97 Å². The quantitative estimate of drug-likeness (QED) is 0.430. The number of ether oxygens (including phenoxy) is 3. The van der Waals surface area contributed by atoms with Crippen molar-refractivity contribution in [2.24, 2.45) is 0 Å². The molecule has 0 saturated carbocycles. The van der Waals surface area contributed by atoms with Crippen LogP contribution in [0.25, 0.3) is 10.9 Å². The first-order chi connectivity index (χ1) is 12.9. The lowest BCUT2D eigenvalue weighted by atomic mass is 10.1. The predicted molar refractivity (Wildman–Crippen MR) is 96.5 cm³/mol. The molecule has 3 rings (SSSR count). The average Bonchev–Trinajstić information content (AvgIpc) is 3.03. The van der Waals surface area contributed by atoms with Gasteiger partial charge in [0.1, 0.15) is 17.4 Å². The second kappa shape index (κ2) is 8.01. The van der Waals surface area contributed by atoms with Crippen LogP contribution in [0.15, 0.2) is 41.0 Å². The SMILES string of the molecule is COCOc1ccc(F)cc1C(C(=O)OC)n1cc2cc(F)c(Br)cc2n1. The molecule has 0 radical (unpaired) electrons. The minimum Gasteiger partial charge on any atom is -0.467 e. The standard InChI is InChI=1S/C18H15BrF2N2O4/c1-25-9-27-16-4-3-11(20)6-12(16)17(18(24)26-2)23-8-10-5-14(21)13(19)7-15(10)22-23/h3-8,17H,9H2,1-2H3. The minimum atomic E-state index is -1.13. The lowest BCUT2D eigenvalue weighted by Gasteiger charge is -2.19. The fourth-order valence-corrected chi connectivity index (χ4v) is 2.98. The van der Waals surface area contributed by atoms with Gasteiger partial charge in [-0.2, -0.15) is 5.10 Å². The molecule has 27 heavy (non-hydrogen) atoms. The second-order valence-corrected chi connectivity index (χ2v) is 6.45. The summed E-state index contributed by atoms with van der Waals surface area (Å²) in [6.45, 7) is -0.0915. The van der Waals surface area contributed by atoms with Crippen LogP contribution in [0.1, 0.15) is 11.6 Å². The van der Waals surface area contributed by atoms with Crippen LogP contribution in [-0.4, -0.2) is 36.8 Å². The molecule has 9 heteroatoms. The Morgan fingerprint density at radius 2 is 2.04 bits per heavy atom. The number of carbonyl (C=O) groups excluding carboxylic acids is 1. The van der Waals surface area contributed by atoms with Gasteiger partial charge in [-0.25, -0.2) is 13.6 Å². The highest BCUT2D eigenvalue weighted by Crippen LogP contribution is 2.32. The third-order valence-corrected chi connectivity index (χ3v) is 4.46. The number of methoxy groups -OCH3 is 2. The highest BCUT2D eigenvalue weighted by atomic mass is 79.9. The number of rotatable bonds is 6. The van der Waals surface area contributed by atoms with Gasteiger partial charge in [0.05, 0.1) is 17.1 Å². The van der Waals surface area contributed by atoms with Gasteiger partial charge in [0.25, 0.3) is 0 Å². The molecule has 2 aromatic carbocycles. The molecule has 142 valence electrons. The van der Waals surface area contributed by atoms with E-state index >= 15 is 0 Å². The Bertz CT molecular complexity index is 954. The zero-order chi connectivity index (χ0) is 19.6. The Balaban J connectivity index is 2.16. The average molecular weight is 441 g/mol. The Labute approximate surface area is 161 Å². The van der Waals surface area contributed by atoms with Crippen LogP contribution in [0.4, 0.5) is 8.78 Å². The van der Waals surface area contributed by atoms with Crippen molar-refractivity contribution in [3.63, 3.8) is 0 Å². The fourth-order valence-electron chi connectivity index (χ4n) is 2.65. The molecule has 0 spiro atoms. The summed E-state index contributed by atoms with van der Waals surface area (Å²) in [7, 11) is 2.65. The summed E-state index contributed by atoms with van der Waals surface area (Å²) in [4.78, 5) is 12.5. The molecule has 6 nitrogen and oxygen atoms in total. The molecular weight excluding hydrogens is 426 g/mol. The molecule has 0 aliphatic carbocycles. The van der Waals surface area contributed by atoms with Gasteiger partial charge in [0.2, 0.25) is 0 Å². The molecule has 3 aromatic rings. The van der Waals surface area contributed by atoms with Crippen LogP contribution in [0.2, 0.25) is 0 Å². The lowest BCUT2D eigenvalue weighted by molar-refractivity contribution is -0.143. The van der Waals surface area contributed by atoms with Crippen LogP contribution in [0, 0.1) is 11.6 Å². The molecule has 1 atom stereocenters. The van der Waals surface area contributed by atoms with Crippen molar-refractivity contribution in [3.8, 4) is 5.75 Å². The topological polar surface area (TPSA) is 62.6 Å². The predicted octanol–water partition coefficient (Wildman–Crippen LogP) is 3.82. The number of hydrogen-bond acceptors (Lipinski definition) is 5. The van der Waals surface area contributed by atoms with Gasteiger partial charge < -0.3 is 14.2 Å². The van der Waals surface area contributed by atoms with Crippen LogP contribution in [0.3, 0.4) is 0 Å². The van der Waals surface area contributed by atoms with E-state index in [0.29, 0.717) is 10.9 Å². The van der Waals surface area contributed by atoms with E-state index in [1.54, 1.807) is 0 Å². The smallest absolute Gasteiger partial charge is 0.335 e. The molecule has 0 aliphatic rings. The zero-order valence-corrected chi connectivity index (χ0v) is 16.0. The van der Waals surface area contributed by atoms with Gasteiger partial charge in [-0.1, -0.05) is 0 Å². The largest absolute Gasteiger partial charge is 0.467 e. The molecule has 0 N–H and O–H groups in total. The van der Waals surface area contributed by atoms with Crippen LogP contribution < -0.4 is 4.74 Å². The van der Waals surface area contributed by atoms with E-state index < -0.39 is 23.6 Å². The normalized spacial score (nSPS) is 12.2. The number of hydrogen-bond donors (Lipinski definition) is 0. The molecule has 1 unspecified atom stereocenters. The summed E-state index contributed by atoms with van der Waals surface area (Å²) in [6, 6.07) is 5.39. The molecule has 0 saturated heterocycles. The van der Waals surface area contributed by atoms with Crippen LogP contribution >= 0.6 is 15.9 Å². The maximum atomic E-state index is 13.9. The first-order valence-corrected chi connectivity index (χ1v) is 8.56. The van der Waals surface area contributed by atoms with E-state index in [4.69, 9.17) is 14.2 Å². The highest BCUT2D eigenvalue weighted by Gasteiger charge is 2.29. The molecule has 0 fully saturated rings. The third kappa shape index (κ3) is 3.93. The van der Waals surface area contributed by atoms with Crippen LogP contribution in [0.5, 0.6) is 5.75 Å². The van der Waals surface area contributed by atoms with Crippen molar-refractivity contribution >= 4 is 32.8 Å². The first kappa shape index (κ1) is 19.2. The highest BCUT2D eigenvalue weighted by molar-refractivity contribution is 9.10. The van der Waals surface area contributed by atoms with Gasteiger partial charge in [-0.15, -0.1) is 0 Å². The van der Waals surface area contributed by atoms with E-state index in [-0.39, 0.29) is 22.6 Å². The van der Waals surface area contributed by atoms with E-state index in [0.717, 1.165) is 6.07 Å². The van der Waals surface area contributed by atoms with Gasteiger partial charge in [-0.05, 0) is 46.3 Å². The molecule has 1 aromatic heterocycles. The summed E-state index contributed by atoms with van der Waals surface area (Å²) >= 11 is 3.10. The van der Waals surface area contributed by atoms with Crippen molar-refractivity contribution < 1.29 is 27.8 Å². The Morgan fingerprint density at radius 1 is 1.26 bits per heavy atom. The maximum Gasteiger partial charge on any atom is 0.335 e. The number of nitrogens with zero attached hydrogens (tertiary/aromatic N) is 2. The van der Waals surface area contributed by atoms with Crippen molar-refractivity contribution in [2.75, 3.05) is 21.0 Å². The van der Waals surface area contributed by atoms with E-state index in [1.807, 2.05) is 0 Å². The molecule has 0 bridgehead atoms. The minimum absolute atomic E-state index is 0.0915. The number of aromatic nitrogens is 2. The van der Waals surface area contributed by atoms with Crippen molar-refractivity contribution in [3.05, 3.63) is 58.2 Å². The number of carbonyl (C=O) groups is 1. The Morgan fingerprint density at radius 3 is 2.74 bits per heavy atom. The molecule has 1 heterocycles. The molecular formula is C18H15BrF2N2O4. The molecule has 0 amide bonds. The van der Waals surface area contributed by atoms with E-state index in [9.17, 15) is 13.6 Å². The summed E-state index contributed by atoms with van der Waals surface area (Å²) in [5, 5.41) is 4.79. The lowest BCUT2D eigenvalue weighted by Crippen LogP contribution is -2.23. The maximum absolute atomic E-state index is 13.9. The third-order valence-electron chi connectivity index (χ3n) is 3.85. The summed E-state index contributed by atoms with van der Waals surface area (Å²) in [6.07, 6.45) is 1.48. The summed E-state index contributed by atoms with van der Waals surface area (Å²) < 4.78 is 44.4. The number of halogens is 3. The summed E-state index contributed by atoms with van der Waals surface area (Å²) in [5.74, 6) is -1.48. The summed E-state index contributed by atoms with van der Waals surface area (Å²) in [5.41, 5.74) is 0.652. The van der Waals surface area contributed by atoms with Crippen LogP contribution in [-0.2, 0) is 14.3 Å². The Hall–Kier alpha value is -2.52. The monoisotopic (exact) mass is 440 g/mol. The number of fused-ring (bicyclic) bond motifs is 1. The van der Waals surface area contributed by atoms with Gasteiger partial charge in [0, 0.05) is 24.3 Å².